The minimum Gasteiger partial charge on any atom is -0.505 e. The summed E-state index contributed by atoms with van der Waals surface area (Å²) in [5, 5.41) is 21.3. The van der Waals surface area contributed by atoms with Gasteiger partial charge in [-0.25, -0.2) is 4.98 Å². The van der Waals surface area contributed by atoms with E-state index in [-0.39, 0.29) is 5.69 Å². The number of aromatic hydroxyl groups is 1. The lowest BCUT2D eigenvalue weighted by molar-refractivity contribution is -0.137. The molecule has 0 saturated heterocycles. The van der Waals surface area contributed by atoms with Gasteiger partial charge >= 0.3 is 6.18 Å². The number of aromatic nitrogens is 1. The van der Waals surface area contributed by atoms with Gasteiger partial charge < -0.3 is 14.8 Å². The molecule has 0 fully saturated rings. The average Bonchev–Trinajstić information content (AvgIpc) is 3.01. The number of halogens is 3. The van der Waals surface area contributed by atoms with Crippen molar-refractivity contribution < 1.29 is 27.5 Å². The lowest BCUT2D eigenvalue weighted by atomic mass is 9.97. The number of oxazole rings is 1. The van der Waals surface area contributed by atoms with E-state index in [4.69, 9.17) is 9.68 Å². The van der Waals surface area contributed by atoms with Crippen LogP contribution in [0.3, 0.4) is 0 Å². The molecule has 1 amide bonds. The lowest BCUT2D eigenvalue weighted by Crippen LogP contribution is -2.13. The molecule has 1 aromatic heterocycles. The minimum absolute atomic E-state index is 0.383. The molecule has 0 aliphatic carbocycles. The zero-order valence-corrected chi connectivity index (χ0v) is 11.3. The Labute approximate surface area is 127 Å². The first kappa shape index (κ1) is 16.1. The van der Waals surface area contributed by atoms with Crippen LogP contribution in [-0.4, -0.2) is 16.0 Å². The first-order valence-corrected chi connectivity index (χ1v) is 5.99. The molecule has 0 atom stereocenters. The molecule has 0 unspecified atom stereocenters. The Kier molecular flexibility index (Phi) is 4.09. The predicted molar refractivity (Wildman–Crippen MR) is 72.1 cm³/mol. The quantitative estimate of drug-likeness (QED) is 0.668. The molecule has 2 aromatic rings. The van der Waals surface area contributed by atoms with Gasteiger partial charge in [-0.1, -0.05) is 6.58 Å². The third kappa shape index (κ3) is 3.01. The van der Waals surface area contributed by atoms with E-state index in [0.717, 1.165) is 24.7 Å². The van der Waals surface area contributed by atoms with E-state index in [1.54, 1.807) is 0 Å². The summed E-state index contributed by atoms with van der Waals surface area (Å²) in [6, 6.07) is 2.11. The fraction of sp³-hybridized carbons (Fsp3) is 0.0714. The van der Waals surface area contributed by atoms with Crippen molar-refractivity contribution in [2.24, 2.45) is 0 Å². The second-order valence-electron chi connectivity index (χ2n) is 4.24. The number of nitrogens with one attached hydrogen (secondary N) is 1. The van der Waals surface area contributed by atoms with Crippen molar-refractivity contribution in [3.63, 3.8) is 0 Å². The summed E-state index contributed by atoms with van der Waals surface area (Å²) in [7, 11) is 0. The highest BCUT2D eigenvalue weighted by Gasteiger charge is 2.40. The van der Waals surface area contributed by atoms with Gasteiger partial charge in [0.25, 0.3) is 0 Å². The van der Waals surface area contributed by atoms with E-state index < -0.39 is 40.3 Å². The van der Waals surface area contributed by atoms with Crippen LogP contribution in [0.5, 0.6) is 5.75 Å². The maximum absolute atomic E-state index is 13.3. The van der Waals surface area contributed by atoms with Gasteiger partial charge in [0, 0.05) is 0 Å². The molecule has 6 nitrogen and oxygen atoms in total. The largest absolute Gasteiger partial charge is 0.505 e. The smallest absolute Gasteiger partial charge is 0.418 e. The highest BCUT2D eigenvalue weighted by Crippen LogP contribution is 2.47. The van der Waals surface area contributed by atoms with Crippen molar-refractivity contribution in [2.45, 2.75) is 6.18 Å². The van der Waals surface area contributed by atoms with Crippen molar-refractivity contribution in [1.29, 1.82) is 5.26 Å². The van der Waals surface area contributed by atoms with Crippen LogP contribution in [0.1, 0.15) is 11.1 Å². The van der Waals surface area contributed by atoms with Crippen molar-refractivity contribution in [1.82, 2.24) is 4.98 Å². The predicted octanol–water partition coefficient (Wildman–Crippen LogP) is 3.06. The van der Waals surface area contributed by atoms with Gasteiger partial charge in [-0.3, -0.25) is 4.79 Å². The number of amides is 1. The Morgan fingerprint density at radius 2 is 2.22 bits per heavy atom. The van der Waals surface area contributed by atoms with Gasteiger partial charge in [0.15, 0.2) is 17.9 Å². The molecule has 0 aliphatic rings. The van der Waals surface area contributed by atoms with Crippen LogP contribution in [-0.2, 0) is 11.0 Å². The van der Waals surface area contributed by atoms with Crippen molar-refractivity contribution >= 4 is 11.6 Å². The first-order chi connectivity index (χ1) is 10.8. The molecule has 0 bridgehead atoms. The Balaban J connectivity index is 2.83. The maximum atomic E-state index is 13.3. The summed E-state index contributed by atoms with van der Waals surface area (Å²) in [4.78, 5) is 14.8. The number of anilines is 1. The molecule has 2 rings (SSSR count). The summed E-state index contributed by atoms with van der Waals surface area (Å²) < 4.78 is 44.7. The molecule has 1 heterocycles. The lowest BCUT2D eigenvalue weighted by Gasteiger charge is -2.17. The van der Waals surface area contributed by atoms with Crippen molar-refractivity contribution in [2.75, 3.05) is 5.32 Å². The number of carbonyl (C=O) groups excluding carboxylic acids is 1. The number of hydrogen-bond donors (Lipinski definition) is 2. The van der Waals surface area contributed by atoms with Gasteiger partial charge in [0.05, 0.1) is 34.6 Å². The molecule has 1 aromatic carbocycles. The molecule has 118 valence electrons. The second-order valence-corrected chi connectivity index (χ2v) is 4.24. The number of phenolic OH excluding ortho intramolecular Hbond substituents is 1. The third-order valence-corrected chi connectivity index (χ3v) is 2.83. The molecule has 23 heavy (non-hydrogen) atoms. The number of nitrogens with zero attached hydrogens (tertiary/aromatic N) is 2. The summed E-state index contributed by atoms with van der Waals surface area (Å²) in [5.41, 5.74) is -3.34. The summed E-state index contributed by atoms with van der Waals surface area (Å²) in [5.74, 6) is -2.07. The van der Waals surface area contributed by atoms with Gasteiger partial charge in [-0.15, -0.1) is 0 Å². The number of phenols is 1. The van der Waals surface area contributed by atoms with Crippen LogP contribution in [0.15, 0.2) is 35.7 Å². The number of alkyl halides is 3. The topological polar surface area (TPSA) is 99.2 Å². The number of rotatable bonds is 3. The molecule has 2 N–H and O–H groups in total. The Bertz CT molecular complexity index is 805. The van der Waals surface area contributed by atoms with Gasteiger partial charge in [0.1, 0.15) is 0 Å². The van der Waals surface area contributed by atoms with Crippen LogP contribution in [0.25, 0.3) is 11.3 Å². The van der Waals surface area contributed by atoms with Crippen LogP contribution < -0.4 is 5.32 Å². The zero-order valence-electron chi connectivity index (χ0n) is 11.3. The molecule has 9 heteroatoms. The number of nitriles is 1. The first-order valence-electron chi connectivity index (χ1n) is 5.99. The van der Waals surface area contributed by atoms with Gasteiger partial charge in [-0.2, -0.15) is 18.4 Å². The number of hydrogen-bond acceptors (Lipinski definition) is 5. The van der Waals surface area contributed by atoms with Gasteiger partial charge in [0.2, 0.25) is 5.91 Å². The van der Waals surface area contributed by atoms with Gasteiger partial charge in [-0.05, 0) is 12.1 Å². The fourth-order valence-corrected chi connectivity index (χ4v) is 1.91. The summed E-state index contributed by atoms with van der Waals surface area (Å²) in [6.45, 7) is 3.19. The standard InChI is InChI=1S/C14H8F3N3O3/c1-2-10(21)20-8-3-7(4-18)12(14(15,16)17)11(13(8)22)9-5-19-6-23-9/h2-3,5-6,22H,1H2,(H,20,21). The Morgan fingerprint density at radius 3 is 2.70 bits per heavy atom. The average molecular weight is 323 g/mol. The van der Waals surface area contributed by atoms with E-state index >= 15 is 0 Å². The number of carbonyl (C=O) groups is 1. The van der Waals surface area contributed by atoms with E-state index in [9.17, 15) is 23.1 Å². The highest BCUT2D eigenvalue weighted by atomic mass is 19.4. The highest BCUT2D eigenvalue weighted by molar-refractivity contribution is 6.01. The van der Waals surface area contributed by atoms with E-state index in [1.165, 1.54) is 6.07 Å². The van der Waals surface area contributed by atoms with Crippen LogP contribution >= 0.6 is 0 Å². The van der Waals surface area contributed by atoms with E-state index in [2.05, 4.69) is 16.9 Å². The van der Waals surface area contributed by atoms with Crippen molar-refractivity contribution in [3.8, 4) is 23.1 Å². The maximum Gasteiger partial charge on any atom is 0.418 e. The van der Waals surface area contributed by atoms with E-state index in [1.807, 2.05) is 0 Å². The zero-order chi connectivity index (χ0) is 17.2. The normalized spacial score (nSPS) is 10.9. The van der Waals surface area contributed by atoms with Crippen LogP contribution in [0.4, 0.5) is 18.9 Å². The minimum atomic E-state index is -4.94. The Morgan fingerprint density at radius 1 is 1.52 bits per heavy atom. The van der Waals surface area contributed by atoms with E-state index in [0.29, 0.717) is 0 Å². The molecule has 0 spiro atoms. The SMILES string of the molecule is C=CC(=O)Nc1cc(C#N)c(C(F)(F)F)c(-c2cnco2)c1O. The molecular weight excluding hydrogens is 315 g/mol. The van der Waals surface area contributed by atoms with Crippen LogP contribution in [0.2, 0.25) is 0 Å². The molecule has 0 saturated carbocycles. The van der Waals surface area contributed by atoms with Crippen LogP contribution in [0, 0.1) is 11.3 Å². The fourth-order valence-electron chi connectivity index (χ4n) is 1.91. The van der Waals surface area contributed by atoms with Crippen molar-refractivity contribution in [3.05, 3.63) is 42.4 Å². The summed E-state index contributed by atoms with van der Waals surface area (Å²) >= 11 is 0. The Hall–Kier alpha value is -3.28. The second kappa shape index (κ2) is 5.84. The molecule has 0 radical (unpaired) electrons. The molecular formula is C14H8F3N3O3. The summed E-state index contributed by atoms with van der Waals surface area (Å²) in [6.07, 6.45) is -2.26. The monoisotopic (exact) mass is 323 g/mol. The number of benzene rings is 1. The molecule has 0 aliphatic heterocycles. The third-order valence-electron chi connectivity index (χ3n) is 2.83.